The van der Waals surface area contributed by atoms with Gasteiger partial charge in [-0.15, -0.1) is 0 Å². The van der Waals surface area contributed by atoms with Gasteiger partial charge < -0.3 is 30.4 Å². The number of ether oxygens (including phenoxy) is 2. The van der Waals surface area contributed by atoms with Gasteiger partial charge in [0.25, 0.3) is 0 Å². The Morgan fingerprint density at radius 2 is 1.53 bits per heavy atom. The molecule has 3 aliphatic rings. The highest BCUT2D eigenvalue weighted by Crippen LogP contribution is 2.58. The molecule has 5 N–H and O–H groups in total. The third kappa shape index (κ3) is 5.42. The van der Waals surface area contributed by atoms with Gasteiger partial charge in [-0.25, -0.2) is 38.9 Å². The van der Waals surface area contributed by atoms with Crippen molar-refractivity contribution in [3.63, 3.8) is 0 Å². The summed E-state index contributed by atoms with van der Waals surface area (Å²) in [5.41, 5.74) is 12.9. The van der Waals surface area contributed by atoms with E-state index in [2.05, 4.69) is 42.2 Å². The Morgan fingerprint density at radius 3 is 2.19 bits per heavy atom. The minimum atomic E-state index is -4.15. The van der Waals surface area contributed by atoms with Gasteiger partial charge in [0, 0.05) is 6.42 Å². The van der Waals surface area contributed by atoms with Crippen LogP contribution in [-0.4, -0.2) is 87.7 Å². The Morgan fingerprint density at radius 1 is 0.907 bits per heavy atom. The summed E-state index contributed by atoms with van der Waals surface area (Å²) in [7, 11) is 0. The quantitative estimate of drug-likeness (QED) is 0.174. The summed E-state index contributed by atoms with van der Waals surface area (Å²) in [4.78, 5) is 35.4. The predicted molar refractivity (Wildman–Crippen MR) is 152 cm³/mol. The fraction of sp³-hybridized carbons (Fsp3) is 0.500. The van der Waals surface area contributed by atoms with Gasteiger partial charge in [0.2, 0.25) is 0 Å². The largest absolute Gasteiger partial charge is 0.386 e. The predicted octanol–water partition coefficient (Wildman–Crippen LogP) is 1.43. The molecule has 0 saturated carbocycles. The molecular formula is C20H23FN10O8P2S2. The number of alkyl halides is 1. The van der Waals surface area contributed by atoms with Crippen molar-refractivity contribution in [1.82, 2.24) is 39.0 Å². The minimum Gasteiger partial charge on any atom is -0.382 e. The van der Waals surface area contributed by atoms with E-state index in [4.69, 9.17) is 50.8 Å². The molecule has 9 atom stereocenters. The van der Waals surface area contributed by atoms with Crippen LogP contribution in [0.15, 0.2) is 25.3 Å². The molecule has 43 heavy (non-hydrogen) atoms. The second kappa shape index (κ2) is 10.9. The van der Waals surface area contributed by atoms with Crippen molar-refractivity contribution in [1.29, 1.82) is 0 Å². The normalized spacial score (nSPS) is 37.1. The molecule has 7 heterocycles. The van der Waals surface area contributed by atoms with Gasteiger partial charge in [-0.1, -0.05) is 12.2 Å². The number of fused-ring (bicyclic) bond motifs is 5. The van der Waals surface area contributed by atoms with Gasteiger partial charge in [-0.2, -0.15) is 0 Å². The van der Waals surface area contributed by atoms with E-state index < -0.39 is 63.2 Å². The fourth-order valence-corrected chi connectivity index (χ4v) is 8.13. The third-order valence-corrected chi connectivity index (χ3v) is 10.3. The summed E-state index contributed by atoms with van der Waals surface area (Å²) < 4.78 is 66.9. The lowest BCUT2D eigenvalue weighted by Gasteiger charge is -2.27. The number of nitrogens with two attached hydrogens (primary N) is 2. The summed E-state index contributed by atoms with van der Waals surface area (Å²) in [5, 5.41) is 0. The number of thiol groups is 1. The maximum Gasteiger partial charge on any atom is 0.386 e. The molecule has 3 aliphatic heterocycles. The zero-order valence-electron chi connectivity index (χ0n) is 21.6. The molecule has 23 heteroatoms. The molecule has 2 bridgehead atoms. The van der Waals surface area contributed by atoms with Crippen molar-refractivity contribution in [3.05, 3.63) is 25.3 Å². The summed E-state index contributed by atoms with van der Waals surface area (Å²) in [6.45, 7) is -9.03. The SMILES string of the molecule is Nc1ncnc2c1ncn2[C@@H]1O[C@@H]2COP(=O)(S)O[C@@H]3C[C@@H](COP(O)(=S)O[C@H]2[C@H]1F)O[C@H]3n1cnc2c(N)ncnc21. The van der Waals surface area contributed by atoms with Crippen molar-refractivity contribution in [2.45, 2.75) is 49.5 Å². The molecule has 0 aromatic carbocycles. The summed E-state index contributed by atoms with van der Waals surface area (Å²) in [5.74, 6) is 0.235. The molecule has 0 radical (unpaired) electrons. The first-order valence-electron chi connectivity index (χ1n) is 12.6. The average molecular weight is 677 g/mol. The molecule has 18 nitrogen and oxygen atoms in total. The van der Waals surface area contributed by atoms with E-state index in [-0.39, 0.29) is 35.8 Å². The monoisotopic (exact) mass is 676 g/mol. The van der Waals surface area contributed by atoms with E-state index in [1.807, 2.05) is 0 Å². The number of halogens is 1. The Balaban J connectivity index is 1.18. The van der Waals surface area contributed by atoms with Gasteiger partial charge in [0.1, 0.15) is 42.0 Å². The molecule has 2 unspecified atom stereocenters. The molecule has 4 aromatic heterocycles. The van der Waals surface area contributed by atoms with E-state index >= 15 is 4.39 Å². The lowest BCUT2D eigenvalue weighted by molar-refractivity contribution is -0.0575. The lowest BCUT2D eigenvalue weighted by Crippen LogP contribution is -2.34. The first-order chi connectivity index (χ1) is 20.5. The second-order valence-electron chi connectivity index (χ2n) is 9.80. The standard InChI is InChI=1S/C20H23FN10O8P2S2/c21-11-14-10(37-20(11)31-7-29-13-16(23)25-5-27-18(13)31)3-35-40(32,42)38-9-1-8(2-34-41(33,43)39-14)36-19(9)30-6-28-12-15(22)24-4-26-17(12)30/h4-11,14,19-20H,1-3H2,(H,32,42)(H,33,43)(H2,22,24,26)(H2,23,25,27)/t8-,9+,10+,11+,14+,19+,20+,40?,41?/m0/s1. The smallest absolute Gasteiger partial charge is 0.382 e. The maximum absolute atomic E-state index is 16.0. The van der Waals surface area contributed by atoms with Crippen LogP contribution in [0.4, 0.5) is 16.0 Å². The van der Waals surface area contributed by atoms with E-state index in [1.54, 1.807) is 0 Å². The highest BCUT2D eigenvalue weighted by molar-refractivity contribution is 8.44. The summed E-state index contributed by atoms with van der Waals surface area (Å²) in [6, 6.07) is 0. The number of anilines is 2. The number of nitrogen functional groups attached to an aromatic ring is 2. The number of nitrogens with zero attached hydrogens (tertiary/aromatic N) is 8. The van der Waals surface area contributed by atoms with E-state index in [1.165, 1.54) is 34.4 Å². The second-order valence-corrected chi connectivity index (χ2v) is 15.5. The Bertz CT molecular complexity index is 1800. The highest BCUT2D eigenvalue weighted by Gasteiger charge is 2.51. The van der Waals surface area contributed by atoms with Crippen molar-refractivity contribution in [2.75, 3.05) is 24.7 Å². The first kappa shape index (κ1) is 29.3. The molecule has 0 aliphatic carbocycles. The Labute approximate surface area is 251 Å². The van der Waals surface area contributed by atoms with Crippen LogP contribution in [0.3, 0.4) is 0 Å². The summed E-state index contributed by atoms with van der Waals surface area (Å²) >= 11 is 9.36. The number of rotatable bonds is 2. The van der Waals surface area contributed by atoms with Crippen molar-refractivity contribution >= 4 is 71.5 Å². The van der Waals surface area contributed by atoms with Crippen LogP contribution >= 0.6 is 25.8 Å². The first-order valence-corrected chi connectivity index (χ1v) is 17.9. The van der Waals surface area contributed by atoms with Crippen LogP contribution in [0, 0.1) is 0 Å². The van der Waals surface area contributed by atoms with Crippen molar-refractivity contribution in [3.8, 4) is 0 Å². The zero-order valence-corrected chi connectivity index (χ0v) is 25.1. The third-order valence-electron chi connectivity index (χ3n) is 7.08. The number of imidazole rings is 2. The van der Waals surface area contributed by atoms with E-state index in [0.717, 1.165) is 0 Å². The van der Waals surface area contributed by atoms with Gasteiger partial charge in [-0.3, -0.25) is 22.7 Å². The summed E-state index contributed by atoms with van der Waals surface area (Å²) in [6.07, 6.45) is -3.40. The van der Waals surface area contributed by atoms with Gasteiger partial charge in [0.15, 0.2) is 41.6 Å². The van der Waals surface area contributed by atoms with E-state index in [9.17, 15) is 9.46 Å². The van der Waals surface area contributed by atoms with Crippen LogP contribution in [0.2, 0.25) is 0 Å². The average Bonchev–Trinajstić information content (AvgIpc) is 3.72. The van der Waals surface area contributed by atoms with Crippen LogP contribution in [0.5, 0.6) is 0 Å². The zero-order chi connectivity index (χ0) is 30.1. The molecule has 3 saturated heterocycles. The van der Waals surface area contributed by atoms with Gasteiger partial charge >= 0.3 is 13.5 Å². The Kier molecular flexibility index (Phi) is 7.41. The lowest BCUT2D eigenvalue weighted by atomic mass is 10.1. The number of hydrogen-bond acceptors (Lipinski definition) is 16. The highest BCUT2D eigenvalue weighted by atomic mass is 32.7. The molecule has 230 valence electrons. The molecule has 0 spiro atoms. The number of hydrogen-bond donors (Lipinski definition) is 4. The van der Waals surface area contributed by atoms with E-state index in [0.29, 0.717) is 11.2 Å². The molecule has 4 aromatic rings. The van der Waals surface area contributed by atoms with Crippen LogP contribution in [0.1, 0.15) is 18.9 Å². The topological polar surface area (TPSA) is 232 Å². The van der Waals surface area contributed by atoms with Crippen LogP contribution < -0.4 is 11.5 Å². The van der Waals surface area contributed by atoms with Crippen LogP contribution in [-0.2, 0) is 43.9 Å². The van der Waals surface area contributed by atoms with Crippen molar-refractivity contribution in [2.24, 2.45) is 0 Å². The minimum absolute atomic E-state index is 0.0847. The fourth-order valence-electron chi connectivity index (χ4n) is 5.18. The Hall–Kier alpha value is -2.42. The number of aromatic nitrogens is 8. The van der Waals surface area contributed by atoms with Crippen molar-refractivity contribution < 1.29 is 41.4 Å². The van der Waals surface area contributed by atoms with Gasteiger partial charge in [0.05, 0.1) is 32.0 Å². The molecule has 3 fully saturated rings. The molecular weight excluding hydrogens is 653 g/mol. The maximum atomic E-state index is 16.0. The molecule has 7 rings (SSSR count). The van der Waals surface area contributed by atoms with Crippen LogP contribution in [0.25, 0.3) is 22.3 Å². The molecule has 0 amide bonds. The van der Waals surface area contributed by atoms with Gasteiger partial charge in [-0.05, 0) is 11.8 Å².